The maximum atomic E-state index is 11.3. The zero-order chi connectivity index (χ0) is 13.7. The number of carboxylic acid groups (broad SMARTS) is 1. The topological polar surface area (TPSA) is 101 Å². The molecule has 7 nitrogen and oxygen atoms in total. The molecule has 0 aliphatic carbocycles. The number of rotatable bonds is 5. The van der Waals surface area contributed by atoms with Crippen LogP contribution in [0.15, 0.2) is 30.3 Å². The Balaban J connectivity index is 3.15. The molecule has 18 heavy (non-hydrogen) atoms. The van der Waals surface area contributed by atoms with Gasteiger partial charge in [-0.25, -0.2) is 10.1 Å². The summed E-state index contributed by atoms with van der Waals surface area (Å²) >= 11 is 0. The van der Waals surface area contributed by atoms with Crippen molar-refractivity contribution in [1.82, 2.24) is 5.01 Å². The molecule has 7 heteroatoms. The van der Waals surface area contributed by atoms with E-state index in [4.69, 9.17) is 5.11 Å². The van der Waals surface area contributed by atoms with E-state index in [0.29, 0.717) is 10.6 Å². The fourth-order valence-corrected chi connectivity index (χ4v) is 1.63. The average Bonchev–Trinajstić information content (AvgIpc) is 2.27. The Labute approximate surface area is 103 Å². The van der Waals surface area contributed by atoms with Gasteiger partial charge in [0.2, 0.25) is 0 Å². The van der Waals surface area contributed by atoms with Gasteiger partial charge in [0, 0.05) is 6.92 Å². The van der Waals surface area contributed by atoms with Crippen LogP contribution in [0.25, 0.3) is 0 Å². The molecule has 1 aromatic carbocycles. The molecule has 1 atom stereocenters. The van der Waals surface area contributed by atoms with E-state index in [1.54, 1.807) is 30.3 Å². The second kappa shape index (κ2) is 5.76. The van der Waals surface area contributed by atoms with Crippen molar-refractivity contribution in [1.29, 1.82) is 0 Å². The molecule has 0 aliphatic heterocycles. The third-order valence-corrected chi connectivity index (χ3v) is 2.35. The number of carboxylic acids is 1. The Morgan fingerprint density at radius 2 is 1.94 bits per heavy atom. The van der Waals surface area contributed by atoms with Crippen molar-refractivity contribution in [3.8, 4) is 0 Å². The second-order valence-corrected chi connectivity index (χ2v) is 3.63. The number of amides is 1. The van der Waals surface area contributed by atoms with Crippen molar-refractivity contribution in [2.45, 2.75) is 19.4 Å². The zero-order valence-electron chi connectivity index (χ0n) is 9.65. The Kier molecular flexibility index (Phi) is 4.36. The smallest absolute Gasteiger partial charge is 0.306 e. The molecule has 1 N–H and O–H groups in total. The second-order valence-electron chi connectivity index (χ2n) is 3.63. The lowest BCUT2D eigenvalue weighted by molar-refractivity contribution is -0.644. The van der Waals surface area contributed by atoms with Crippen LogP contribution in [0.4, 0.5) is 0 Å². The number of hydrogen-bond donors (Lipinski definition) is 1. The summed E-state index contributed by atoms with van der Waals surface area (Å²) < 4.78 is 0. The van der Waals surface area contributed by atoms with Crippen LogP contribution in [-0.4, -0.2) is 27.0 Å². The predicted molar refractivity (Wildman–Crippen MR) is 61.0 cm³/mol. The van der Waals surface area contributed by atoms with Crippen LogP contribution in [-0.2, 0) is 9.59 Å². The van der Waals surface area contributed by atoms with Gasteiger partial charge >= 0.3 is 5.97 Å². The van der Waals surface area contributed by atoms with Gasteiger partial charge in [0.15, 0.2) is 5.03 Å². The molecule has 0 radical (unpaired) electrons. The minimum atomic E-state index is -1.21. The molecule has 0 heterocycles. The lowest BCUT2D eigenvalue weighted by atomic mass is 10.0. The molecule has 0 aromatic heterocycles. The first-order valence-electron chi connectivity index (χ1n) is 5.14. The number of nitro groups is 1. The van der Waals surface area contributed by atoms with Crippen molar-refractivity contribution in [3.63, 3.8) is 0 Å². The molecular weight excluding hydrogens is 240 g/mol. The van der Waals surface area contributed by atoms with E-state index in [0.717, 1.165) is 6.92 Å². The Bertz CT molecular complexity index is 446. The highest BCUT2D eigenvalue weighted by Gasteiger charge is 2.33. The highest BCUT2D eigenvalue weighted by atomic mass is 16.7. The normalized spacial score (nSPS) is 11.6. The number of carbonyl (C=O) groups is 2. The fraction of sp³-hybridized carbons (Fsp3) is 0.273. The maximum Gasteiger partial charge on any atom is 0.306 e. The lowest BCUT2D eigenvalue weighted by Crippen LogP contribution is -2.39. The molecular formula is C11H12N2O5. The highest BCUT2D eigenvalue weighted by Crippen LogP contribution is 2.24. The van der Waals surface area contributed by atoms with Gasteiger partial charge in [-0.1, -0.05) is 35.3 Å². The van der Waals surface area contributed by atoms with Crippen LogP contribution in [0.3, 0.4) is 0 Å². The van der Waals surface area contributed by atoms with Crippen molar-refractivity contribution in [2.24, 2.45) is 0 Å². The average molecular weight is 252 g/mol. The zero-order valence-corrected chi connectivity index (χ0v) is 9.65. The number of hydrogen-bond acceptors (Lipinski definition) is 4. The molecule has 0 spiro atoms. The van der Waals surface area contributed by atoms with Crippen molar-refractivity contribution in [3.05, 3.63) is 46.0 Å². The van der Waals surface area contributed by atoms with Crippen molar-refractivity contribution >= 4 is 11.9 Å². The molecule has 1 rings (SSSR count). The fourth-order valence-electron chi connectivity index (χ4n) is 1.63. The summed E-state index contributed by atoms with van der Waals surface area (Å²) in [4.78, 5) is 32.9. The van der Waals surface area contributed by atoms with Crippen LogP contribution in [0, 0.1) is 10.1 Å². The van der Waals surface area contributed by atoms with Gasteiger partial charge in [-0.2, -0.15) is 0 Å². The highest BCUT2D eigenvalue weighted by molar-refractivity contribution is 5.74. The number of aliphatic carboxylic acids is 1. The van der Waals surface area contributed by atoms with Crippen molar-refractivity contribution in [2.75, 3.05) is 0 Å². The van der Waals surface area contributed by atoms with Gasteiger partial charge in [0.25, 0.3) is 5.91 Å². The Morgan fingerprint density at radius 3 is 2.33 bits per heavy atom. The molecule has 1 aromatic rings. The van der Waals surface area contributed by atoms with E-state index in [9.17, 15) is 19.7 Å². The number of carbonyl (C=O) groups excluding carboxylic acids is 1. The molecule has 0 saturated heterocycles. The van der Waals surface area contributed by atoms with E-state index in [1.807, 2.05) is 0 Å². The summed E-state index contributed by atoms with van der Waals surface area (Å²) in [6.07, 6.45) is -0.523. The van der Waals surface area contributed by atoms with E-state index in [-0.39, 0.29) is 0 Å². The number of hydrazine groups is 1. The van der Waals surface area contributed by atoms with E-state index in [2.05, 4.69) is 0 Å². The van der Waals surface area contributed by atoms with Gasteiger partial charge in [-0.3, -0.25) is 9.59 Å². The summed E-state index contributed by atoms with van der Waals surface area (Å²) in [5.41, 5.74) is 0.409. The van der Waals surface area contributed by atoms with Gasteiger partial charge in [-0.15, -0.1) is 0 Å². The molecule has 1 amide bonds. The third-order valence-electron chi connectivity index (χ3n) is 2.35. The van der Waals surface area contributed by atoms with Crippen LogP contribution in [0.2, 0.25) is 0 Å². The predicted octanol–water partition coefficient (Wildman–Crippen LogP) is 1.24. The van der Waals surface area contributed by atoms with Crippen LogP contribution < -0.4 is 0 Å². The van der Waals surface area contributed by atoms with Gasteiger partial charge < -0.3 is 5.11 Å². The van der Waals surface area contributed by atoms with Gasteiger partial charge in [0.05, 0.1) is 6.42 Å². The van der Waals surface area contributed by atoms with Crippen molar-refractivity contribution < 1.29 is 19.7 Å². The Morgan fingerprint density at radius 1 is 1.39 bits per heavy atom. The van der Waals surface area contributed by atoms with Gasteiger partial charge in [-0.05, 0) is 5.56 Å². The monoisotopic (exact) mass is 252 g/mol. The summed E-state index contributed by atoms with van der Waals surface area (Å²) in [5.74, 6) is -2.02. The van der Waals surface area contributed by atoms with E-state index in [1.165, 1.54) is 0 Å². The molecule has 0 bridgehead atoms. The molecule has 0 aliphatic rings. The first kappa shape index (κ1) is 13.6. The molecule has 0 unspecified atom stereocenters. The molecule has 0 fully saturated rings. The van der Waals surface area contributed by atoms with Crippen LogP contribution >= 0.6 is 0 Å². The standard InChI is InChI=1S/C11H12N2O5/c1-8(14)12(13(17)18)10(7-11(15)16)9-5-3-2-4-6-9/h2-6,10H,7H2,1H3,(H,15,16)/t10-/m1/s1. The molecule has 0 saturated carbocycles. The van der Waals surface area contributed by atoms with Crippen LogP contribution in [0.5, 0.6) is 0 Å². The minimum absolute atomic E-state index is 0.337. The third kappa shape index (κ3) is 3.27. The summed E-state index contributed by atoms with van der Waals surface area (Å²) in [5, 5.41) is 19.1. The van der Waals surface area contributed by atoms with E-state index < -0.39 is 29.4 Å². The summed E-state index contributed by atoms with van der Waals surface area (Å²) in [6, 6.07) is 6.94. The number of benzene rings is 1. The van der Waals surface area contributed by atoms with Gasteiger partial charge in [0.1, 0.15) is 6.04 Å². The lowest BCUT2D eigenvalue weighted by Gasteiger charge is -2.20. The molecule has 96 valence electrons. The summed E-state index contributed by atoms with van der Waals surface area (Å²) in [6.45, 7) is 1.03. The largest absolute Gasteiger partial charge is 0.481 e. The quantitative estimate of drug-likeness (QED) is 0.627. The van der Waals surface area contributed by atoms with E-state index >= 15 is 0 Å². The minimum Gasteiger partial charge on any atom is -0.481 e. The van der Waals surface area contributed by atoms with Crippen LogP contribution in [0.1, 0.15) is 24.9 Å². The first-order chi connectivity index (χ1) is 8.43. The SMILES string of the molecule is CC(=O)N([C@H](CC(=O)O)c1ccccc1)[N+](=O)[O-]. The Hall–Kier alpha value is -2.44. The number of nitrogens with zero attached hydrogens (tertiary/aromatic N) is 2. The first-order valence-corrected chi connectivity index (χ1v) is 5.14. The summed E-state index contributed by atoms with van der Waals surface area (Å²) in [7, 11) is 0. The maximum absolute atomic E-state index is 11.3.